The number of anilines is 2. The van der Waals surface area contributed by atoms with E-state index in [-0.39, 0.29) is 30.7 Å². The van der Waals surface area contributed by atoms with Crippen LogP contribution in [-0.2, 0) is 19.1 Å². The number of nitrogens with two attached hydrogens (primary N) is 2. The predicted octanol–water partition coefficient (Wildman–Crippen LogP) is 5.56. The van der Waals surface area contributed by atoms with Crippen molar-refractivity contribution in [2.75, 3.05) is 24.7 Å². The highest BCUT2D eigenvalue weighted by Crippen LogP contribution is 2.33. The SMILES string of the molecule is CCCCC1CCC(C(=O)Oc2ccc(C=CC(=O)OCCCOC(=O)c3cc(N)cc(N)c3)cc2)CC1. The Balaban J connectivity index is 1.32. The van der Waals surface area contributed by atoms with E-state index in [0.29, 0.717) is 23.5 Å². The van der Waals surface area contributed by atoms with Gasteiger partial charge in [-0.2, -0.15) is 0 Å². The van der Waals surface area contributed by atoms with Gasteiger partial charge in [-0.25, -0.2) is 9.59 Å². The van der Waals surface area contributed by atoms with Gasteiger partial charge in [-0.15, -0.1) is 0 Å². The van der Waals surface area contributed by atoms with Crippen molar-refractivity contribution in [1.82, 2.24) is 0 Å². The number of ether oxygens (including phenoxy) is 3. The summed E-state index contributed by atoms with van der Waals surface area (Å²) >= 11 is 0. The van der Waals surface area contributed by atoms with Gasteiger partial charge in [-0.1, -0.05) is 38.3 Å². The van der Waals surface area contributed by atoms with Crippen LogP contribution in [0.3, 0.4) is 0 Å². The molecule has 0 heterocycles. The third-order valence-corrected chi connectivity index (χ3v) is 6.64. The largest absolute Gasteiger partial charge is 0.462 e. The van der Waals surface area contributed by atoms with Crippen LogP contribution in [0.4, 0.5) is 11.4 Å². The Bertz CT molecular complexity index is 1080. The first-order valence-electron chi connectivity index (χ1n) is 13.3. The van der Waals surface area contributed by atoms with Crippen LogP contribution in [-0.4, -0.2) is 31.1 Å². The third kappa shape index (κ3) is 9.57. The monoisotopic (exact) mass is 522 g/mol. The second kappa shape index (κ2) is 14.8. The molecule has 38 heavy (non-hydrogen) atoms. The highest BCUT2D eigenvalue weighted by molar-refractivity contribution is 5.91. The molecule has 4 N–H and O–H groups in total. The van der Waals surface area contributed by atoms with Gasteiger partial charge in [0.25, 0.3) is 0 Å². The smallest absolute Gasteiger partial charge is 0.338 e. The van der Waals surface area contributed by atoms with Crippen LogP contribution >= 0.6 is 0 Å². The van der Waals surface area contributed by atoms with Crippen molar-refractivity contribution in [3.8, 4) is 5.75 Å². The number of esters is 3. The first-order valence-corrected chi connectivity index (χ1v) is 13.3. The molecule has 1 saturated carbocycles. The van der Waals surface area contributed by atoms with Crippen molar-refractivity contribution in [2.45, 2.75) is 58.3 Å². The van der Waals surface area contributed by atoms with Crippen molar-refractivity contribution < 1.29 is 28.6 Å². The fourth-order valence-electron chi connectivity index (χ4n) is 4.51. The van der Waals surface area contributed by atoms with Crippen LogP contribution in [0.15, 0.2) is 48.5 Å². The van der Waals surface area contributed by atoms with Crippen LogP contribution in [0.2, 0.25) is 0 Å². The van der Waals surface area contributed by atoms with E-state index in [1.54, 1.807) is 36.4 Å². The van der Waals surface area contributed by atoms with Crippen molar-refractivity contribution in [3.05, 3.63) is 59.7 Å². The lowest BCUT2D eigenvalue weighted by atomic mass is 9.80. The summed E-state index contributed by atoms with van der Waals surface area (Å²) in [6.07, 6.45) is 11.0. The fourth-order valence-corrected chi connectivity index (χ4v) is 4.51. The number of benzene rings is 2. The molecule has 2 aromatic carbocycles. The van der Waals surface area contributed by atoms with Crippen molar-refractivity contribution in [3.63, 3.8) is 0 Å². The molecule has 204 valence electrons. The minimum atomic E-state index is -0.542. The minimum absolute atomic E-state index is 0.0262. The van der Waals surface area contributed by atoms with Gasteiger partial charge in [-0.3, -0.25) is 4.79 Å². The molecule has 0 aromatic heterocycles. The normalized spacial score (nSPS) is 17.2. The molecule has 1 fully saturated rings. The molecule has 0 amide bonds. The van der Waals surface area contributed by atoms with E-state index in [0.717, 1.165) is 37.2 Å². The summed E-state index contributed by atoms with van der Waals surface area (Å²) in [4.78, 5) is 36.5. The third-order valence-electron chi connectivity index (χ3n) is 6.64. The molecule has 0 saturated heterocycles. The van der Waals surface area contributed by atoms with Gasteiger partial charge in [0.15, 0.2) is 0 Å². The number of carbonyl (C=O) groups is 3. The Morgan fingerprint density at radius 2 is 1.55 bits per heavy atom. The lowest BCUT2D eigenvalue weighted by Crippen LogP contribution is -2.25. The van der Waals surface area contributed by atoms with Crippen molar-refractivity contribution in [1.29, 1.82) is 0 Å². The van der Waals surface area contributed by atoms with Gasteiger partial charge >= 0.3 is 17.9 Å². The molecule has 0 aliphatic heterocycles. The maximum Gasteiger partial charge on any atom is 0.338 e. The van der Waals surface area contributed by atoms with E-state index in [1.807, 2.05) is 0 Å². The Kier molecular flexibility index (Phi) is 11.2. The van der Waals surface area contributed by atoms with E-state index in [9.17, 15) is 14.4 Å². The van der Waals surface area contributed by atoms with E-state index in [1.165, 1.54) is 37.5 Å². The zero-order valence-electron chi connectivity index (χ0n) is 22.0. The summed E-state index contributed by atoms with van der Waals surface area (Å²) in [6, 6.07) is 11.5. The molecule has 0 spiro atoms. The Labute approximate surface area is 224 Å². The number of unbranched alkanes of at least 4 members (excludes halogenated alkanes) is 1. The van der Waals surface area contributed by atoms with Gasteiger partial charge in [0.2, 0.25) is 0 Å². The Morgan fingerprint density at radius 3 is 2.21 bits per heavy atom. The summed E-state index contributed by atoms with van der Waals surface area (Å²) in [5.41, 5.74) is 13.2. The highest BCUT2D eigenvalue weighted by Gasteiger charge is 2.27. The van der Waals surface area contributed by atoms with Crippen LogP contribution in [0.1, 0.15) is 74.2 Å². The molecule has 0 atom stereocenters. The summed E-state index contributed by atoms with van der Waals surface area (Å²) in [5, 5.41) is 0. The summed E-state index contributed by atoms with van der Waals surface area (Å²) in [5.74, 6) is 0.00657. The van der Waals surface area contributed by atoms with Crippen LogP contribution < -0.4 is 16.2 Å². The van der Waals surface area contributed by atoms with Crippen LogP contribution in [0, 0.1) is 11.8 Å². The highest BCUT2D eigenvalue weighted by atomic mass is 16.5. The quantitative estimate of drug-likeness (QED) is 0.122. The first kappa shape index (κ1) is 28.8. The van der Waals surface area contributed by atoms with Crippen molar-refractivity contribution in [2.24, 2.45) is 11.8 Å². The first-order chi connectivity index (χ1) is 18.3. The average molecular weight is 523 g/mol. The van der Waals surface area contributed by atoms with Gasteiger partial charge in [0.05, 0.1) is 24.7 Å². The number of hydrogen-bond acceptors (Lipinski definition) is 8. The van der Waals surface area contributed by atoms with Crippen molar-refractivity contribution >= 4 is 35.4 Å². The van der Waals surface area contributed by atoms with E-state index in [4.69, 9.17) is 25.7 Å². The molecule has 0 unspecified atom stereocenters. The zero-order valence-corrected chi connectivity index (χ0v) is 22.0. The molecular formula is C30H38N2O6. The predicted molar refractivity (Wildman–Crippen MR) is 147 cm³/mol. The van der Waals surface area contributed by atoms with Gasteiger partial charge in [-0.05, 0) is 73.6 Å². The second-order valence-electron chi connectivity index (χ2n) is 9.73. The van der Waals surface area contributed by atoms with E-state index in [2.05, 4.69) is 6.92 Å². The standard InChI is InChI=1S/C30H38N2O6/c1-2-3-5-21-6-11-23(12-7-21)30(35)38-27-13-8-22(9-14-27)10-15-28(33)36-16-4-17-37-29(34)24-18-25(31)20-26(32)19-24/h8-10,13-15,18-21,23H,2-7,11-12,16-17,31-32H2,1H3. The lowest BCUT2D eigenvalue weighted by molar-refractivity contribution is -0.140. The summed E-state index contributed by atoms with van der Waals surface area (Å²) < 4.78 is 15.9. The number of rotatable bonds is 12. The average Bonchev–Trinajstić information content (AvgIpc) is 2.91. The molecule has 1 aliphatic carbocycles. The fraction of sp³-hybridized carbons (Fsp3) is 0.433. The number of nitrogen functional groups attached to an aromatic ring is 2. The molecule has 0 radical (unpaired) electrons. The zero-order chi connectivity index (χ0) is 27.3. The Morgan fingerprint density at radius 1 is 0.895 bits per heavy atom. The summed E-state index contributed by atoms with van der Waals surface area (Å²) in [7, 11) is 0. The molecular weight excluding hydrogens is 484 g/mol. The maximum absolute atomic E-state index is 12.5. The Hall–Kier alpha value is -3.81. The molecule has 3 rings (SSSR count). The minimum Gasteiger partial charge on any atom is -0.462 e. The lowest BCUT2D eigenvalue weighted by Gasteiger charge is -2.27. The molecule has 2 aromatic rings. The maximum atomic E-state index is 12.5. The van der Waals surface area contributed by atoms with Gasteiger partial charge < -0.3 is 25.7 Å². The van der Waals surface area contributed by atoms with Gasteiger partial charge in [0, 0.05) is 23.9 Å². The van der Waals surface area contributed by atoms with Gasteiger partial charge in [0.1, 0.15) is 5.75 Å². The van der Waals surface area contributed by atoms with E-state index < -0.39 is 11.9 Å². The molecule has 8 heteroatoms. The summed E-state index contributed by atoms with van der Waals surface area (Å²) in [6.45, 7) is 2.40. The van der Waals surface area contributed by atoms with Crippen LogP contribution in [0.5, 0.6) is 5.75 Å². The number of carbonyl (C=O) groups excluding carboxylic acids is 3. The molecule has 0 bridgehead atoms. The molecule has 1 aliphatic rings. The van der Waals surface area contributed by atoms with Crippen LogP contribution in [0.25, 0.3) is 6.08 Å². The number of hydrogen-bond donors (Lipinski definition) is 2. The molecule has 8 nitrogen and oxygen atoms in total. The van der Waals surface area contributed by atoms with E-state index >= 15 is 0 Å². The second-order valence-corrected chi connectivity index (χ2v) is 9.73. The topological polar surface area (TPSA) is 131 Å².